The zero-order valence-electron chi connectivity index (χ0n) is 5.13. The average molecular weight is 203 g/mol. The third-order valence-electron chi connectivity index (χ3n) is 1.20. The zero-order valence-corrected chi connectivity index (χ0v) is 6.72. The molecule has 0 unspecified atom stereocenters. The number of halogens is 1. The molecule has 0 aliphatic heterocycles. The van der Waals surface area contributed by atoms with Gasteiger partial charge in [0, 0.05) is 0 Å². The van der Waals surface area contributed by atoms with E-state index in [-0.39, 0.29) is 11.4 Å². The van der Waals surface area contributed by atoms with Crippen LogP contribution in [0.15, 0.2) is 16.6 Å². The van der Waals surface area contributed by atoms with Gasteiger partial charge in [-0.2, -0.15) is 0 Å². The first-order valence-corrected chi connectivity index (χ1v) is 3.44. The summed E-state index contributed by atoms with van der Waals surface area (Å²) in [5.41, 5.74) is 11.4. The van der Waals surface area contributed by atoms with E-state index in [9.17, 15) is 0 Å². The number of hydrogen-bond acceptors (Lipinski definition) is 3. The van der Waals surface area contributed by atoms with Crippen molar-refractivity contribution in [1.29, 1.82) is 0 Å². The Morgan fingerprint density at radius 3 is 2.40 bits per heavy atom. The molecule has 10 heavy (non-hydrogen) atoms. The van der Waals surface area contributed by atoms with Crippen LogP contribution < -0.4 is 11.5 Å². The molecule has 0 saturated carbocycles. The molecule has 0 bridgehead atoms. The van der Waals surface area contributed by atoms with Gasteiger partial charge in [0.15, 0.2) is 5.75 Å². The van der Waals surface area contributed by atoms with Crippen molar-refractivity contribution < 1.29 is 5.11 Å². The van der Waals surface area contributed by atoms with E-state index in [1.165, 1.54) is 0 Å². The maximum Gasteiger partial charge on any atom is 0.154 e. The molecule has 0 spiro atoms. The fourth-order valence-corrected chi connectivity index (χ4v) is 0.943. The normalized spacial score (nSPS) is 9.70. The van der Waals surface area contributed by atoms with Gasteiger partial charge in [-0.15, -0.1) is 0 Å². The average Bonchev–Trinajstić information content (AvgIpc) is 1.93. The molecule has 0 fully saturated rings. The number of aromatic hydroxyl groups is 1. The van der Waals surface area contributed by atoms with Gasteiger partial charge in [-0.3, -0.25) is 0 Å². The van der Waals surface area contributed by atoms with E-state index in [4.69, 9.17) is 16.6 Å². The molecule has 0 atom stereocenters. The van der Waals surface area contributed by atoms with Gasteiger partial charge in [0.2, 0.25) is 0 Å². The lowest BCUT2D eigenvalue weighted by Crippen LogP contribution is -1.94. The number of phenols is 1. The minimum absolute atomic E-state index is 0.000000000000000222. The maximum absolute atomic E-state index is 9.14. The van der Waals surface area contributed by atoms with Gasteiger partial charge >= 0.3 is 0 Å². The van der Waals surface area contributed by atoms with Crippen LogP contribution in [-0.2, 0) is 0 Å². The van der Waals surface area contributed by atoms with Crippen molar-refractivity contribution in [3.8, 4) is 5.75 Å². The van der Waals surface area contributed by atoms with Crippen LogP contribution in [0.5, 0.6) is 5.75 Å². The van der Waals surface area contributed by atoms with Crippen molar-refractivity contribution >= 4 is 27.3 Å². The highest BCUT2D eigenvalue weighted by atomic mass is 79.9. The number of nitrogen functional groups attached to an aromatic ring is 2. The van der Waals surface area contributed by atoms with Crippen molar-refractivity contribution in [1.82, 2.24) is 0 Å². The van der Waals surface area contributed by atoms with Crippen molar-refractivity contribution in [3.05, 3.63) is 16.6 Å². The van der Waals surface area contributed by atoms with Crippen molar-refractivity contribution in [2.75, 3.05) is 11.5 Å². The number of anilines is 2. The van der Waals surface area contributed by atoms with Crippen LogP contribution in [0.25, 0.3) is 0 Å². The summed E-state index contributed by atoms with van der Waals surface area (Å²) < 4.78 is 0.555. The first-order valence-electron chi connectivity index (χ1n) is 2.65. The van der Waals surface area contributed by atoms with E-state index in [1.54, 1.807) is 12.1 Å². The van der Waals surface area contributed by atoms with Crippen LogP contribution in [-0.4, -0.2) is 5.11 Å². The van der Waals surface area contributed by atoms with Crippen LogP contribution in [0, 0.1) is 0 Å². The fraction of sp³-hybridized carbons (Fsp3) is 0. The zero-order chi connectivity index (χ0) is 7.72. The Labute approximate surface area is 66.8 Å². The highest BCUT2D eigenvalue weighted by molar-refractivity contribution is 9.10. The molecule has 4 heteroatoms. The van der Waals surface area contributed by atoms with Crippen LogP contribution in [0.3, 0.4) is 0 Å². The number of rotatable bonds is 0. The smallest absolute Gasteiger partial charge is 0.154 e. The molecular weight excluding hydrogens is 196 g/mol. The maximum atomic E-state index is 9.14. The van der Waals surface area contributed by atoms with Gasteiger partial charge in [0.1, 0.15) is 0 Å². The quantitative estimate of drug-likeness (QED) is 0.439. The molecule has 54 valence electrons. The van der Waals surface area contributed by atoms with E-state index in [0.717, 1.165) is 0 Å². The summed E-state index contributed by atoms with van der Waals surface area (Å²) in [5, 5.41) is 9.14. The van der Waals surface area contributed by atoms with E-state index in [2.05, 4.69) is 15.9 Å². The lowest BCUT2D eigenvalue weighted by Gasteiger charge is -2.02. The molecule has 0 amide bonds. The molecule has 0 aliphatic carbocycles. The Kier molecular flexibility index (Phi) is 1.72. The molecule has 1 rings (SSSR count). The second-order valence-electron chi connectivity index (χ2n) is 1.90. The Balaban J connectivity index is 3.34. The molecule has 1 aromatic rings. The molecule has 0 saturated heterocycles. The monoisotopic (exact) mass is 202 g/mol. The Morgan fingerprint density at radius 2 is 1.90 bits per heavy atom. The lowest BCUT2D eigenvalue weighted by molar-refractivity contribution is 0.475. The first-order chi connectivity index (χ1) is 4.63. The number of hydrogen-bond donors (Lipinski definition) is 3. The van der Waals surface area contributed by atoms with Crippen LogP contribution in [0.4, 0.5) is 11.4 Å². The summed E-state index contributed by atoms with van der Waals surface area (Å²) in [5.74, 6) is 0.000000000000000222. The number of nitrogens with two attached hydrogens (primary N) is 2. The van der Waals surface area contributed by atoms with Gasteiger partial charge in [0.25, 0.3) is 0 Å². The van der Waals surface area contributed by atoms with Crippen LogP contribution in [0.2, 0.25) is 0 Å². The highest BCUT2D eigenvalue weighted by Gasteiger charge is 2.03. The summed E-state index contributed by atoms with van der Waals surface area (Å²) in [4.78, 5) is 0. The van der Waals surface area contributed by atoms with Crippen LogP contribution >= 0.6 is 15.9 Å². The van der Waals surface area contributed by atoms with E-state index in [0.29, 0.717) is 10.2 Å². The lowest BCUT2D eigenvalue weighted by atomic mass is 10.2. The van der Waals surface area contributed by atoms with Gasteiger partial charge in [-0.1, -0.05) is 0 Å². The van der Waals surface area contributed by atoms with Crippen molar-refractivity contribution in [3.63, 3.8) is 0 Å². The summed E-state index contributed by atoms with van der Waals surface area (Å²) in [6, 6.07) is 3.26. The van der Waals surface area contributed by atoms with Gasteiger partial charge in [-0.25, -0.2) is 0 Å². The van der Waals surface area contributed by atoms with Crippen LogP contribution in [0.1, 0.15) is 0 Å². The third kappa shape index (κ3) is 1.02. The number of benzene rings is 1. The summed E-state index contributed by atoms with van der Waals surface area (Å²) in [6.45, 7) is 0. The fourth-order valence-electron chi connectivity index (χ4n) is 0.597. The van der Waals surface area contributed by atoms with Gasteiger partial charge in [-0.05, 0) is 28.1 Å². The SMILES string of the molecule is Nc1ccc(Br)c(O)c1N. The second-order valence-corrected chi connectivity index (χ2v) is 2.75. The summed E-state index contributed by atoms with van der Waals surface area (Å²) >= 11 is 3.09. The topological polar surface area (TPSA) is 72.3 Å². The standard InChI is InChI=1S/C6H7BrN2O/c7-3-1-2-4(8)5(9)6(3)10/h1-2,10H,8-9H2. The van der Waals surface area contributed by atoms with E-state index >= 15 is 0 Å². The second kappa shape index (κ2) is 2.38. The first kappa shape index (κ1) is 7.21. The summed E-state index contributed by atoms with van der Waals surface area (Å²) in [7, 11) is 0. The Bertz CT molecular complexity index is 235. The molecule has 0 heterocycles. The predicted octanol–water partition coefficient (Wildman–Crippen LogP) is 1.32. The third-order valence-corrected chi connectivity index (χ3v) is 1.84. The largest absolute Gasteiger partial charge is 0.505 e. The highest BCUT2D eigenvalue weighted by Crippen LogP contribution is 2.33. The minimum atomic E-state index is 0.000000000000000222. The number of phenolic OH excluding ortho intramolecular Hbond substituents is 1. The van der Waals surface area contributed by atoms with Crippen molar-refractivity contribution in [2.24, 2.45) is 0 Å². The molecule has 0 aliphatic rings. The van der Waals surface area contributed by atoms with Crippen molar-refractivity contribution in [2.45, 2.75) is 0 Å². The molecule has 0 aromatic heterocycles. The Hall–Kier alpha value is -0.900. The predicted molar refractivity (Wildman–Crippen MR) is 44.6 cm³/mol. The molecule has 1 aromatic carbocycles. The minimum Gasteiger partial charge on any atom is -0.505 e. The molecule has 3 nitrogen and oxygen atoms in total. The molecule has 5 N–H and O–H groups in total. The van der Waals surface area contributed by atoms with E-state index < -0.39 is 0 Å². The Morgan fingerprint density at radius 1 is 1.30 bits per heavy atom. The molecular formula is C6H7BrN2O. The molecule has 0 radical (unpaired) electrons. The summed E-state index contributed by atoms with van der Waals surface area (Å²) in [6.07, 6.45) is 0. The van der Waals surface area contributed by atoms with Gasteiger partial charge in [0.05, 0.1) is 15.8 Å². The van der Waals surface area contributed by atoms with Gasteiger partial charge < -0.3 is 16.6 Å². The van der Waals surface area contributed by atoms with E-state index in [1.807, 2.05) is 0 Å².